The molecule has 0 aliphatic heterocycles. The van der Waals surface area contributed by atoms with Crippen molar-refractivity contribution in [1.29, 1.82) is 0 Å². The average molecular weight is 439 g/mol. The number of anilines is 1. The highest BCUT2D eigenvalue weighted by Gasteiger charge is 2.30. The Hall–Kier alpha value is -1.54. The predicted molar refractivity (Wildman–Crippen MR) is 91.6 cm³/mol. The molecule has 3 N–H and O–H groups in total. The van der Waals surface area contributed by atoms with E-state index >= 15 is 0 Å². The molecule has 1 heterocycles. The first-order chi connectivity index (χ1) is 9.43. The third kappa shape index (κ3) is 3.61. The number of imidazole rings is 1. The smallest absolute Gasteiger partial charge is 0.369 e. The van der Waals surface area contributed by atoms with Gasteiger partial charge < -0.3 is 10.7 Å². The number of rotatable bonds is 1. The van der Waals surface area contributed by atoms with E-state index in [1.54, 1.807) is 24.3 Å². The second kappa shape index (κ2) is 6.70. The van der Waals surface area contributed by atoms with Gasteiger partial charge in [-0.15, -0.1) is 34.0 Å². The number of aromatic amines is 1. The van der Waals surface area contributed by atoms with E-state index in [4.69, 9.17) is 5.73 Å². The van der Waals surface area contributed by atoms with Crippen LogP contribution in [0, 0.1) is 0 Å². The molecule has 0 aliphatic carbocycles. The van der Waals surface area contributed by atoms with E-state index in [0.717, 1.165) is 17.6 Å². The number of nitrogens with one attached hydrogen (secondary N) is 1. The number of fused-ring (bicyclic) bond motifs is 1. The lowest BCUT2D eigenvalue weighted by atomic mass is 10.0. The summed E-state index contributed by atoms with van der Waals surface area (Å²) in [5.74, 6) is 0.279. The number of nitrogens with zero attached hydrogens (tertiary/aromatic N) is 1. The van der Waals surface area contributed by atoms with Crippen molar-refractivity contribution in [3.8, 4) is 11.1 Å². The Morgan fingerprint density at radius 3 is 2.32 bits per heavy atom. The summed E-state index contributed by atoms with van der Waals surface area (Å²) in [6.45, 7) is 0. The van der Waals surface area contributed by atoms with E-state index < -0.39 is 11.7 Å². The van der Waals surface area contributed by atoms with Crippen LogP contribution in [0.3, 0.4) is 0 Å². The van der Waals surface area contributed by atoms with Gasteiger partial charge in [-0.05, 0) is 35.4 Å². The minimum Gasteiger partial charge on any atom is -0.369 e. The molecule has 1 aromatic heterocycles. The summed E-state index contributed by atoms with van der Waals surface area (Å²) in [6, 6.07) is 10.4. The summed E-state index contributed by atoms with van der Waals surface area (Å²) in [7, 11) is 0. The Kier molecular flexibility index (Phi) is 5.64. The summed E-state index contributed by atoms with van der Waals surface area (Å²) < 4.78 is 38.1. The van der Waals surface area contributed by atoms with Gasteiger partial charge in [-0.3, -0.25) is 0 Å². The van der Waals surface area contributed by atoms with Crippen LogP contribution in [0.25, 0.3) is 22.2 Å². The van der Waals surface area contributed by atoms with Crippen molar-refractivity contribution in [2.45, 2.75) is 6.18 Å². The lowest BCUT2D eigenvalue weighted by Gasteiger charge is -2.08. The van der Waals surface area contributed by atoms with E-state index in [9.17, 15) is 13.2 Å². The summed E-state index contributed by atoms with van der Waals surface area (Å²) in [6.07, 6.45) is -4.35. The SMILES string of the molecule is Br.Br.Nc1nc2cc(-c3cccc(C(F)(F)F)c3)ccc2[nH]1. The molecule has 0 amide bonds. The molecule has 3 rings (SSSR count). The zero-order valence-corrected chi connectivity index (χ0v) is 14.4. The van der Waals surface area contributed by atoms with Gasteiger partial charge in [0.15, 0.2) is 5.95 Å². The topological polar surface area (TPSA) is 54.7 Å². The maximum absolute atomic E-state index is 12.7. The Labute approximate surface area is 145 Å². The fraction of sp³-hybridized carbons (Fsp3) is 0.0714. The summed E-state index contributed by atoms with van der Waals surface area (Å²) >= 11 is 0. The van der Waals surface area contributed by atoms with Crippen LogP contribution in [0.2, 0.25) is 0 Å². The van der Waals surface area contributed by atoms with Gasteiger partial charge in [-0.1, -0.05) is 18.2 Å². The van der Waals surface area contributed by atoms with Crippen molar-refractivity contribution in [3.05, 3.63) is 48.0 Å². The summed E-state index contributed by atoms with van der Waals surface area (Å²) in [4.78, 5) is 6.93. The maximum atomic E-state index is 12.7. The highest BCUT2D eigenvalue weighted by atomic mass is 79.9. The quantitative estimate of drug-likeness (QED) is 0.562. The first kappa shape index (κ1) is 18.5. The van der Waals surface area contributed by atoms with E-state index in [1.807, 2.05) is 0 Å². The molecule has 22 heavy (non-hydrogen) atoms. The summed E-state index contributed by atoms with van der Waals surface area (Å²) in [5, 5.41) is 0. The highest BCUT2D eigenvalue weighted by molar-refractivity contribution is 8.93. The van der Waals surface area contributed by atoms with Crippen LogP contribution in [0.4, 0.5) is 19.1 Å². The fourth-order valence-electron chi connectivity index (χ4n) is 2.08. The molecule has 0 fully saturated rings. The minimum atomic E-state index is -4.35. The molecule has 0 spiro atoms. The molecule has 8 heteroatoms. The Bertz CT molecular complexity index is 784. The van der Waals surface area contributed by atoms with Crippen molar-refractivity contribution in [2.24, 2.45) is 0 Å². The van der Waals surface area contributed by atoms with E-state index in [0.29, 0.717) is 16.6 Å². The lowest BCUT2D eigenvalue weighted by Crippen LogP contribution is -2.04. The zero-order chi connectivity index (χ0) is 14.3. The first-order valence-corrected chi connectivity index (χ1v) is 5.86. The molecule has 0 bridgehead atoms. The molecule has 0 unspecified atom stereocenters. The van der Waals surface area contributed by atoms with Crippen LogP contribution < -0.4 is 5.73 Å². The molecular formula is C14H12Br2F3N3. The van der Waals surface area contributed by atoms with E-state index in [2.05, 4.69) is 9.97 Å². The molecule has 3 nitrogen and oxygen atoms in total. The van der Waals surface area contributed by atoms with Gasteiger partial charge in [0.05, 0.1) is 16.6 Å². The molecular weight excluding hydrogens is 427 g/mol. The number of hydrogen-bond acceptors (Lipinski definition) is 2. The van der Waals surface area contributed by atoms with Crippen LogP contribution in [0.1, 0.15) is 5.56 Å². The summed E-state index contributed by atoms with van der Waals surface area (Å²) in [5.41, 5.74) is 7.40. The number of halogens is 5. The van der Waals surface area contributed by atoms with Crippen LogP contribution in [-0.2, 0) is 6.18 Å². The second-order valence-electron chi connectivity index (χ2n) is 4.43. The highest BCUT2D eigenvalue weighted by Crippen LogP contribution is 2.32. The van der Waals surface area contributed by atoms with Gasteiger partial charge in [0.1, 0.15) is 0 Å². The fourth-order valence-corrected chi connectivity index (χ4v) is 2.08. The molecule has 0 saturated carbocycles. The number of aromatic nitrogens is 2. The molecule has 0 radical (unpaired) electrons. The number of nitrogen functional groups attached to an aromatic ring is 1. The average Bonchev–Trinajstić information content (AvgIpc) is 2.77. The van der Waals surface area contributed by atoms with Gasteiger partial charge >= 0.3 is 6.18 Å². The van der Waals surface area contributed by atoms with Gasteiger partial charge in [0, 0.05) is 0 Å². The number of nitrogens with two attached hydrogens (primary N) is 1. The van der Waals surface area contributed by atoms with E-state index in [1.165, 1.54) is 6.07 Å². The molecule has 2 aromatic carbocycles. The maximum Gasteiger partial charge on any atom is 0.416 e. The third-order valence-corrected chi connectivity index (χ3v) is 3.02. The molecule has 0 atom stereocenters. The van der Waals surface area contributed by atoms with Crippen molar-refractivity contribution >= 4 is 50.9 Å². The Balaban J connectivity index is 0.00000121. The second-order valence-corrected chi connectivity index (χ2v) is 4.43. The van der Waals surface area contributed by atoms with Crippen LogP contribution in [0.15, 0.2) is 42.5 Å². The van der Waals surface area contributed by atoms with Crippen molar-refractivity contribution < 1.29 is 13.2 Å². The standard InChI is InChI=1S/C14H10F3N3.2BrH/c15-14(16,17)10-3-1-2-8(6-10)9-4-5-11-12(7-9)20-13(18)19-11;;/h1-7H,(H3,18,19,20);2*1H. The number of H-pyrrole nitrogens is 1. The Morgan fingerprint density at radius 2 is 1.64 bits per heavy atom. The molecule has 0 aliphatic rings. The van der Waals surface area contributed by atoms with Crippen LogP contribution in [0.5, 0.6) is 0 Å². The number of alkyl halides is 3. The predicted octanol–water partition coefficient (Wildman–Crippen LogP) is 4.99. The molecule has 3 aromatic rings. The normalized spacial score (nSPS) is 10.9. The monoisotopic (exact) mass is 437 g/mol. The van der Waals surface area contributed by atoms with E-state index in [-0.39, 0.29) is 39.9 Å². The lowest BCUT2D eigenvalue weighted by molar-refractivity contribution is -0.137. The number of benzene rings is 2. The van der Waals surface area contributed by atoms with Gasteiger partial charge in [0.2, 0.25) is 0 Å². The van der Waals surface area contributed by atoms with Crippen LogP contribution >= 0.6 is 34.0 Å². The van der Waals surface area contributed by atoms with Gasteiger partial charge in [-0.25, -0.2) is 4.98 Å². The largest absolute Gasteiger partial charge is 0.416 e. The van der Waals surface area contributed by atoms with Gasteiger partial charge in [0.25, 0.3) is 0 Å². The van der Waals surface area contributed by atoms with Crippen LogP contribution in [-0.4, -0.2) is 9.97 Å². The zero-order valence-electron chi connectivity index (χ0n) is 11.0. The minimum absolute atomic E-state index is 0. The van der Waals surface area contributed by atoms with Crippen molar-refractivity contribution in [1.82, 2.24) is 9.97 Å². The van der Waals surface area contributed by atoms with Crippen molar-refractivity contribution in [3.63, 3.8) is 0 Å². The molecule has 118 valence electrons. The van der Waals surface area contributed by atoms with Crippen molar-refractivity contribution in [2.75, 3.05) is 5.73 Å². The number of hydrogen-bond donors (Lipinski definition) is 2. The van der Waals surface area contributed by atoms with Gasteiger partial charge in [-0.2, -0.15) is 13.2 Å². The Morgan fingerprint density at radius 1 is 0.955 bits per heavy atom. The first-order valence-electron chi connectivity index (χ1n) is 5.86. The molecule has 0 saturated heterocycles. The third-order valence-electron chi connectivity index (χ3n) is 3.02.